The average molecular weight is 442 g/mol. The summed E-state index contributed by atoms with van der Waals surface area (Å²) in [7, 11) is 0. The molecule has 3 amide bonds. The van der Waals surface area contributed by atoms with Gasteiger partial charge in [-0.25, -0.2) is 4.79 Å². The summed E-state index contributed by atoms with van der Waals surface area (Å²) < 4.78 is 0. The predicted octanol–water partition coefficient (Wildman–Crippen LogP) is 5.61. The van der Waals surface area contributed by atoms with Crippen LogP contribution in [-0.4, -0.2) is 41.0 Å². The second-order valence-electron chi connectivity index (χ2n) is 11.0. The lowest BCUT2D eigenvalue weighted by atomic mass is 9.69. The molecule has 1 aromatic rings. The molecule has 1 saturated carbocycles. The van der Waals surface area contributed by atoms with Crippen LogP contribution in [0.2, 0.25) is 0 Å². The first-order valence-electron chi connectivity index (χ1n) is 12.6. The van der Waals surface area contributed by atoms with Gasteiger partial charge in [0, 0.05) is 24.0 Å². The van der Waals surface area contributed by atoms with E-state index in [0.717, 1.165) is 51.5 Å². The van der Waals surface area contributed by atoms with Gasteiger partial charge in [-0.1, -0.05) is 77.3 Å². The van der Waals surface area contributed by atoms with Gasteiger partial charge < -0.3 is 15.5 Å². The third-order valence-electron chi connectivity index (χ3n) is 7.61. The van der Waals surface area contributed by atoms with Crippen molar-refractivity contribution in [1.82, 2.24) is 15.5 Å². The summed E-state index contributed by atoms with van der Waals surface area (Å²) in [5, 5.41) is 6.54. The van der Waals surface area contributed by atoms with Gasteiger partial charge in [0.25, 0.3) is 0 Å². The van der Waals surface area contributed by atoms with Crippen LogP contribution in [0, 0.1) is 5.41 Å². The number of hydrogen-bond acceptors (Lipinski definition) is 2. The zero-order valence-electron chi connectivity index (χ0n) is 20.7. The number of likely N-dealkylation sites (tertiary alicyclic amines) is 1. The van der Waals surface area contributed by atoms with Gasteiger partial charge in [0.2, 0.25) is 5.91 Å². The highest BCUT2D eigenvalue weighted by atomic mass is 16.2. The number of benzene rings is 1. The molecule has 5 nitrogen and oxygen atoms in total. The summed E-state index contributed by atoms with van der Waals surface area (Å²) in [4.78, 5) is 28.8. The van der Waals surface area contributed by atoms with Crippen LogP contribution in [0.4, 0.5) is 4.79 Å². The Morgan fingerprint density at radius 2 is 1.75 bits per heavy atom. The second kappa shape index (κ2) is 10.3. The fourth-order valence-corrected chi connectivity index (χ4v) is 5.84. The van der Waals surface area contributed by atoms with Crippen LogP contribution in [0.3, 0.4) is 0 Å². The van der Waals surface area contributed by atoms with Crippen molar-refractivity contribution in [2.24, 2.45) is 5.41 Å². The highest BCUT2D eigenvalue weighted by molar-refractivity contribution is 5.88. The summed E-state index contributed by atoms with van der Waals surface area (Å²) >= 11 is 0. The number of carbonyl (C=O) groups excluding carboxylic acids is 2. The molecule has 1 aromatic carbocycles. The molecule has 5 heteroatoms. The molecular formula is C27H43N3O2. The third-order valence-corrected chi connectivity index (χ3v) is 7.61. The Kier molecular flexibility index (Phi) is 7.89. The van der Waals surface area contributed by atoms with Crippen molar-refractivity contribution in [3.8, 4) is 0 Å². The van der Waals surface area contributed by atoms with Crippen molar-refractivity contribution in [2.75, 3.05) is 6.54 Å². The standard InChI is InChI=1S/C27H43N3O2/c1-6-22(21-15-9-7-10-16-21)27(17-11-8-12-18-27)29-25(32)28-23(26(3,4)5)24(31)30-19-13-14-20(30)2/h7,9-10,15-16,20,22-23H,6,8,11-14,17-19H2,1-5H3,(H2,28,29,32). The van der Waals surface area contributed by atoms with Crippen molar-refractivity contribution >= 4 is 11.9 Å². The number of carbonyl (C=O) groups is 2. The van der Waals surface area contributed by atoms with Gasteiger partial charge in [0.15, 0.2) is 0 Å². The maximum absolute atomic E-state index is 13.4. The first-order chi connectivity index (χ1) is 15.2. The van der Waals surface area contributed by atoms with Crippen molar-refractivity contribution in [3.05, 3.63) is 35.9 Å². The van der Waals surface area contributed by atoms with Gasteiger partial charge >= 0.3 is 6.03 Å². The van der Waals surface area contributed by atoms with E-state index in [-0.39, 0.29) is 34.9 Å². The average Bonchev–Trinajstić information content (AvgIpc) is 3.18. The van der Waals surface area contributed by atoms with E-state index in [1.165, 1.54) is 12.0 Å². The Bertz CT molecular complexity index is 765. The molecular weight excluding hydrogens is 398 g/mol. The summed E-state index contributed by atoms with van der Waals surface area (Å²) in [5.41, 5.74) is 0.650. The molecule has 0 spiro atoms. The van der Waals surface area contributed by atoms with E-state index >= 15 is 0 Å². The zero-order valence-corrected chi connectivity index (χ0v) is 20.7. The van der Waals surface area contributed by atoms with Crippen LogP contribution in [-0.2, 0) is 4.79 Å². The topological polar surface area (TPSA) is 61.4 Å². The lowest BCUT2D eigenvalue weighted by molar-refractivity contribution is -0.136. The van der Waals surface area contributed by atoms with Crippen molar-refractivity contribution < 1.29 is 9.59 Å². The minimum absolute atomic E-state index is 0.0467. The van der Waals surface area contributed by atoms with Crippen LogP contribution in [0.5, 0.6) is 0 Å². The SMILES string of the molecule is CCC(c1ccccc1)C1(NC(=O)NC(C(=O)N2CCCC2C)C(C)(C)C)CCCCC1. The fraction of sp³-hybridized carbons (Fsp3) is 0.704. The predicted molar refractivity (Wildman–Crippen MR) is 131 cm³/mol. The maximum Gasteiger partial charge on any atom is 0.315 e. The van der Waals surface area contributed by atoms with Crippen molar-refractivity contribution in [3.63, 3.8) is 0 Å². The molecule has 2 aliphatic rings. The van der Waals surface area contributed by atoms with E-state index < -0.39 is 6.04 Å². The molecule has 3 rings (SSSR count). The van der Waals surface area contributed by atoms with Gasteiger partial charge in [-0.15, -0.1) is 0 Å². The summed E-state index contributed by atoms with van der Waals surface area (Å²) in [6.07, 6.45) is 8.45. The Labute approximate surface area is 194 Å². The smallest absolute Gasteiger partial charge is 0.315 e. The molecule has 2 N–H and O–H groups in total. The Balaban J connectivity index is 1.81. The monoisotopic (exact) mass is 441 g/mol. The molecule has 1 aliphatic carbocycles. The highest BCUT2D eigenvalue weighted by Crippen LogP contribution is 2.42. The van der Waals surface area contributed by atoms with Crippen LogP contribution >= 0.6 is 0 Å². The molecule has 32 heavy (non-hydrogen) atoms. The van der Waals surface area contributed by atoms with Gasteiger partial charge in [0.05, 0.1) is 0 Å². The van der Waals surface area contributed by atoms with Gasteiger partial charge in [0.1, 0.15) is 6.04 Å². The largest absolute Gasteiger partial charge is 0.338 e. The molecule has 0 aromatic heterocycles. The third kappa shape index (κ3) is 5.47. The molecule has 1 heterocycles. The zero-order chi connectivity index (χ0) is 23.4. The summed E-state index contributed by atoms with van der Waals surface area (Å²) in [5.74, 6) is 0.308. The van der Waals surface area contributed by atoms with Gasteiger partial charge in [-0.2, -0.15) is 0 Å². The molecule has 0 radical (unpaired) electrons. The molecule has 1 saturated heterocycles. The van der Waals surface area contributed by atoms with Crippen LogP contribution in [0.15, 0.2) is 30.3 Å². The maximum atomic E-state index is 13.4. The number of rotatable bonds is 6. The van der Waals surface area contributed by atoms with Gasteiger partial charge in [-0.3, -0.25) is 4.79 Å². The lowest BCUT2D eigenvalue weighted by Crippen LogP contribution is -2.62. The van der Waals surface area contributed by atoms with E-state index in [0.29, 0.717) is 0 Å². The first-order valence-corrected chi connectivity index (χ1v) is 12.6. The number of hydrogen-bond donors (Lipinski definition) is 2. The summed E-state index contributed by atoms with van der Waals surface area (Å²) in [6.45, 7) is 11.2. The number of nitrogens with zero attached hydrogens (tertiary/aromatic N) is 1. The fourth-order valence-electron chi connectivity index (χ4n) is 5.84. The first kappa shape index (κ1) is 24.6. The Morgan fingerprint density at radius 3 is 2.28 bits per heavy atom. The van der Waals surface area contributed by atoms with Crippen LogP contribution in [0.1, 0.15) is 97.5 Å². The van der Waals surface area contributed by atoms with E-state index in [2.05, 4.69) is 48.7 Å². The molecule has 3 unspecified atom stereocenters. The molecule has 1 aliphatic heterocycles. The van der Waals surface area contributed by atoms with Crippen molar-refractivity contribution in [1.29, 1.82) is 0 Å². The minimum atomic E-state index is -0.541. The number of nitrogens with one attached hydrogen (secondary N) is 2. The molecule has 0 bridgehead atoms. The second-order valence-corrected chi connectivity index (χ2v) is 11.0. The minimum Gasteiger partial charge on any atom is -0.338 e. The van der Waals surface area contributed by atoms with E-state index in [4.69, 9.17) is 0 Å². The van der Waals surface area contributed by atoms with Crippen molar-refractivity contribution in [2.45, 2.75) is 110 Å². The molecule has 3 atom stereocenters. The Hall–Kier alpha value is -2.04. The molecule has 178 valence electrons. The van der Waals surface area contributed by atoms with Crippen LogP contribution in [0.25, 0.3) is 0 Å². The normalized spacial score (nSPS) is 22.8. The number of urea groups is 1. The van der Waals surface area contributed by atoms with Crippen LogP contribution < -0.4 is 10.6 Å². The number of amides is 3. The highest BCUT2D eigenvalue weighted by Gasteiger charge is 2.43. The quantitative estimate of drug-likeness (QED) is 0.603. The van der Waals surface area contributed by atoms with E-state index in [1.54, 1.807) is 0 Å². The van der Waals surface area contributed by atoms with Gasteiger partial charge in [-0.05, 0) is 50.0 Å². The molecule has 2 fully saturated rings. The Morgan fingerprint density at radius 1 is 1.09 bits per heavy atom. The van der Waals surface area contributed by atoms with E-state index in [9.17, 15) is 9.59 Å². The summed E-state index contributed by atoms with van der Waals surface area (Å²) in [6, 6.07) is 10.1. The van der Waals surface area contributed by atoms with E-state index in [1.807, 2.05) is 31.7 Å². The lowest BCUT2D eigenvalue weighted by Gasteiger charge is -2.45.